The molecule has 1 aliphatic heterocycles. The van der Waals surface area contributed by atoms with Gasteiger partial charge in [-0.15, -0.1) is 0 Å². The number of rotatable bonds is 6. The average molecular weight is 305 g/mol. The normalized spacial score (nSPS) is 18.3. The minimum absolute atomic E-state index is 0.0652. The van der Waals surface area contributed by atoms with Crippen LogP contribution in [0.25, 0.3) is 0 Å². The number of amides is 1. The summed E-state index contributed by atoms with van der Waals surface area (Å²) in [5.41, 5.74) is 5.35. The standard InChI is InChI=1S/C13H27N3O3S/c1-4-13(5-2,10-14)12(17)16-8-6-11(7-9-16)15-20(3,18)19/h11,15H,4-10,14H2,1-3H3. The zero-order chi connectivity index (χ0) is 15.4. The SMILES string of the molecule is CCC(CC)(CN)C(=O)N1CCC(NS(C)(=O)=O)CC1. The molecule has 0 saturated carbocycles. The first-order chi connectivity index (χ1) is 9.28. The lowest BCUT2D eigenvalue weighted by atomic mass is 9.80. The van der Waals surface area contributed by atoms with Crippen LogP contribution in [0.4, 0.5) is 0 Å². The Morgan fingerprint density at radius 1 is 1.30 bits per heavy atom. The molecule has 118 valence electrons. The molecular formula is C13H27N3O3S. The Labute approximate surface area is 122 Å². The molecule has 3 N–H and O–H groups in total. The topological polar surface area (TPSA) is 92.5 Å². The molecule has 0 bridgehead atoms. The number of piperidine rings is 1. The summed E-state index contributed by atoms with van der Waals surface area (Å²) in [6.45, 7) is 5.53. The van der Waals surface area contributed by atoms with E-state index < -0.39 is 15.4 Å². The molecule has 1 aliphatic rings. The van der Waals surface area contributed by atoms with Gasteiger partial charge in [-0.05, 0) is 25.7 Å². The van der Waals surface area contributed by atoms with Gasteiger partial charge in [-0.3, -0.25) is 4.79 Å². The van der Waals surface area contributed by atoms with Gasteiger partial charge in [0, 0.05) is 25.7 Å². The molecule has 7 heteroatoms. The summed E-state index contributed by atoms with van der Waals surface area (Å²) in [5.74, 6) is 0.114. The summed E-state index contributed by atoms with van der Waals surface area (Å²) in [6.07, 6.45) is 3.96. The van der Waals surface area contributed by atoms with Crippen LogP contribution >= 0.6 is 0 Å². The summed E-state index contributed by atoms with van der Waals surface area (Å²) in [7, 11) is -3.18. The maximum Gasteiger partial charge on any atom is 0.230 e. The van der Waals surface area contributed by atoms with Crippen molar-refractivity contribution in [1.29, 1.82) is 0 Å². The second-order valence-corrected chi connectivity index (χ2v) is 7.43. The molecule has 0 radical (unpaired) electrons. The molecule has 0 atom stereocenters. The van der Waals surface area contributed by atoms with Gasteiger partial charge in [-0.2, -0.15) is 0 Å². The van der Waals surface area contributed by atoms with Crippen LogP contribution in [0.15, 0.2) is 0 Å². The van der Waals surface area contributed by atoms with Gasteiger partial charge in [0.25, 0.3) is 0 Å². The van der Waals surface area contributed by atoms with Gasteiger partial charge < -0.3 is 10.6 Å². The molecule has 0 spiro atoms. The second kappa shape index (κ2) is 6.87. The predicted molar refractivity (Wildman–Crippen MR) is 79.7 cm³/mol. The average Bonchev–Trinajstić information content (AvgIpc) is 2.40. The Kier molecular flexibility index (Phi) is 5.97. The first-order valence-corrected chi connectivity index (χ1v) is 9.14. The van der Waals surface area contributed by atoms with Gasteiger partial charge in [0.2, 0.25) is 15.9 Å². The molecule has 0 aromatic heterocycles. The Morgan fingerprint density at radius 2 is 1.80 bits per heavy atom. The Bertz CT molecular complexity index is 416. The zero-order valence-electron chi connectivity index (χ0n) is 12.7. The van der Waals surface area contributed by atoms with Crippen LogP contribution in [-0.2, 0) is 14.8 Å². The highest BCUT2D eigenvalue weighted by Crippen LogP contribution is 2.29. The van der Waals surface area contributed by atoms with E-state index in [4.69, 9.17) is 5.73 Å². The summed E-state index contributed by atoms with van der Waals surface area (Å²) < 4.78 is 25.0. The van der Waals surface area contributed by atoms with E-state index >= 15 is 0 Å². The largest absolute Gasteiger partial charge is 0.342 e. The van der Waals surface area contributed by atoms with Crippen molar-refractivity contribution in [2.75, 3.05) is 25.9 Å². The molecule has 1 heterocycles. The molecule has 6 nitrogen and oxygen atoms in total. The minimum Gasteiger partial charge on any atom is -0.342 e. The number of carbonyl (C=O) groups excluding carboxylic acids is 1. The van der Waals surface area contributed by atoms with Crippen molar-refractivity contribution in [1.82, 2.24) is 9.62 Å². The van der Waals surface area contributed by atoms with Crippen molar-refractivity contribution in [2.24, 2.45) is 11.1 Å². The van der Waals surface area contributed by atoms with Crippen LogP contribution in [0, 0.1) is 5.41 Å². The van der Waals surface area contributed by atoms with Crippen LogP contribution in [0.1, 0.15) is 39.5 Å². The summed E-state index contributed by atoms with van der Waals surface area (Å²) in [4.78, 5) is 14.4. The van der Waals surface area contributed by atoms with E-state index in [9.17, 15) is 13.2 Å². The highest BCUT2D eigenvalue weighted by Gasteiger charge is 2.38. The zero-order valence-corrected chi connectivity index (χ0v) is 13.5. The van der Waals surface area contributed by atoms with Gasteiger partial charge in [0.15, 0.2) is 0 Å². The highest BCUT2D eigenvalue weighted by atomic mass is 32.2. The predicted octanol–water partition coefficient (Wildman–Crippen LogP) is 0.292. The van der Waals surface area contributed by atoms with E-state index in [0.29, 0.717) is 32.5 Å². The quantitative estimate of drug-likeness (QED) is 0.738. The van der Waals surface area contributed by atoms with E-state index in [1.165, 1.54) is 0 Å². The lowest BCUT2D eigenvalue weighted by molar-refractivity contribution is -0.143. The third-order valence-corrected chi connectivity index (χ3v) is 5.12. The maximum absolute atomic E-state index is 12.6. The van der Waals surface area contributed by atoms with Gasteiger partial charge in [0.1, 0.15) is 0 Å². The van der Waals surface area contributed by atoms with Gasteiger partial charge in [-0.25, -0.2) is 13.1 Å². The first kappa shape index (κ1) is 17.4. The summed E-state index contributed by atoms with van der Waals surface area (Å²) in [6, 6.07) is -0.0652. The van der Waals surface area contributed by atoms with Crippen molar-refractivity contribution >= 4 is 15.9 Å². The Hall–Kier alpha value is -0.660. The molecule has 0 aromatic rings. The smallest absolute Gasteiger partial charge is 0.230 e. The molecule has 1 saturated heterocycles. The number of hydrogen-bond donors (Lipinski definition) is 2. The van der Waals surface area contributed by atoms with Crippen LogP contribution in [0.2, 0.25) is 0 Å². The molecule has 1 amide bonds. The fraction of sp³-hybridized carbons (Fsp3) is 0.923. The van der Waals surface area contributed by atoms with Gasteiger partial charge in [-0.1, -0.05) is 13.8 Å². The lowest BCUT2D eigenvalue weighted by Gasteiger charge is -2.39. The van der Waals surface area contributed by atoms with E-state index in [-0.39, 0.29) is 11.9 Å². The van der Waals surface area contributed by atoms with Crippen molar-refractivity contribution in [3.63, 3.8) is 0 Å². The van der Waals surface area contributed by atoms with E-state index in [0.717, 1.165) is 19.1 Å². The number of hydrogen-bond acceptors (Lipinski definition) is 4. The Morgan fingerprint density at radius 3 is 2.15 bits per heavy atom. The summed E-state index contributed by atoms with van der Waals surface area (Å²) >= 11 is 0. The van der Waals surface area contributed by atoms with E-state index in [1.54, 1.807) is 0 Å². The van der Waals surface area contributed by atoms with Crippen molar-refractivity contribution in [2.45, 2.75) is 45.6 Å². The molecular weight excluding hydrogens is 278 g/mol. The molecule has 0 unspecified atom stereocenters. The molecule has 0 aromatic carbocycles. The third kappa shape index (κ3) is 4.17. The number of nitrogens with two attached hydrogens (primary N) is 1. The maximum atomic E-state index is 12.6. The summed E-state index contributed by atoms with van der Waals surface area (Å²) in [5, 5.41) is 0. The molecule has 1 fully saturated rings. The second-order valence-electron chi connectivity index (χ2n) is 5.65. The third-order valence-electron chi connectivity index (χ3n) is 4.36. The van der Waals surface area contributed by atoms with Crippen LogP contribution < -0.4 is 10.5 Å². The van der Waals surface area contributed by atoms with Gasteiger partial charge >= 0.3 is 0 Å². The van der Waals surface area contributed by atoms with Gasteiger partial charge in [0.05, 0.1) is 11.7 Å². The number of likely N-dealkylation sites (tertiary alicyclic amines) is 1. The minimum atomic E-state index is -3.18. The van der Waals surface area contributed by atoms with E-state index in [1.807, 2.05) is 18.7 Å². The number of carbonyl (C=O) groups is 1. The highest BCUT2D eigenvalue weighted by molar-refractivity contribution is 7.88. The lowest BCUT2D eigenvalue weighted by Crippen LogP contribution is -2.52. The number of sulfonamides is 1. The van der Waals surface area contributed by atoms with Crippen LogP contribution in [-0.4, -0.2) is 51.2 Å². The van der Waals surface area contributed by atoms with Crippen molar-refractivity contribution in [3.05, 3.63) is 0 Å². The first-order valence-electron chi connectivity index (χ1n) is 7.24. The van der Waals surface area contributed by atoms with Crippen LogP contribution in [0.3, 0.4) is 0 Å². The molecule has 0 aliphatic carbocycles. The van der Waals surface area contributed by atoms with Crippen molar-refractivity contribution in [3.8, 4) is 0 Å². The fourth-order valence-corrected chi connectivity index (χ4v) is 3.61. The van der Waals surface area contributed by atoms with Crippen LogP contribution in [0.5, 0.6) is 0 Å². The number of nitrogens with zero attached hydrogens (tertiary/aromatic N) is 1. The monoisotopic (exact) mass is 305 g/mol. The molecule has 1 rings (SSSR count). The van der Waals surface area contributed by atoms with E-state index in [2.05, 4.69) is 4.72 Å². The fourth-order valence-electron chi connectivity index (χ4n) is 2.77. The number of nitrogens with one attached hydrogen (secondary N) is 1. The Balaban J connectivity index is 2.63. The van der Waals surface area contributed by atoms with Crippen molar-refractivity contribution < 1.29 is 13.2 Å². The molecule has 20 heavy (non-hydrogen) atoms.